The standard InChI is InChI=1S/C10H15.4ClH.Mo.H2N/c1-7-2-9-4-8(1)5-10(3-7)6-9;;;;;;/h7-9H,1-6H2;4*1H;;1H2/q-1;;;;;+4;-1/p-4. The van der Waals surface area contributed by atoms with E-state index in [2.05, 4.69) is 0 Å². The first-order valence-corrected chi connectivity index (χ1v) is 15.7. The number of halogens is 4. The molecular formula is C10H17Cl4MoN-2. The first-order valence-electron chi connectivity index (χ1n) is 5.35. The van der Waals surface area contributed by atoms with Crippen molar-refractivity contribution in [1.82, 2.24) is 0 Å². The number of hydrogen-bond donors (Lipinski definition) is 0. The molecule has 0 heterocycles. The summed E-state index contributed by atoms with van der Waals surface area (Å²) in [5.74, 6) is 5.35. The van der Waals surface area contributed by atoms with Crippen molar-refractivity contribution in [3.8, 4) is 0 Å². The topological polar surface area (TPSA) is 33.5 Å². The van der Waals surface area contributed by atoms with Crippen LogP contribution in [0.2, 0.25) is 0 Å². The van der Waals surface area contributed by atoms with Crippen LogP contribution in [0.4, 0.5) is 0 Å². The predicted octanol–water partition coefficient (Wildman–Crippen LogP) is 6.26. The summed E-state index contributed by atoms with van der Waals surface area (Å²) in [6, 6.07) is 0. The van der Waals surface area contributed by atoms with Gasteiger partial charge in [0.1, 0.15) is 0 Å². The molecule has 0 radical (unpaired) electrons. The van der Waals surface area contributed by atoms with Crippen LogP contribution in [0, 0.1) is 23.7 Å². The zero-order valence-electron chi connectivity index (χ0n) is 8.97. The minimum absolute atomic E-state index is 0. The Kier molecular flexibility index (Phi) is 6.25. The second kappa shape index (κ2) is 6.31. The second-order valence-corrected chi connectivity index (χ2v) is 23.3. The van der Waals surface area contributed by atoms with Gasteiger partial charge in [0.15, 0.2) is 0 Å². The average molecular weight is 389 g/mol. The molecule has 16 heavy (non-hydrogen) atoms. The van der Waals surface area contributed by atoms with Crippen LogP contribution >= 0.6 is 37.7 Å². The van der Waals surface area contributed by atoms with Crippen molar-refractivity contribution in [2.24, 2.45) is 17.8 Å². The fourth-order valence-corrected chi connectivity index (χ4v) is 3.68. The van der Waals surface area contributed by atoms with Crippen LogP contribution in [0.15, 0.2) is 0 Å². The molecule has 98 valence electrons. The van der Waals surface area contributed by atoms with Gasteiger partial charge in [0.25, 0.3) is 0 Å². The SMILES string of the molecule is C1[C-]2CC3CC1CC(C2)C3.[Cl][Mo]([Cl])([Cl])[Cl].[NH2-]. The van der Waals surface area contributed by atoms with Gasteiger partial charge < -0.3 is 12.1 Å². The zero-order valence-corrected chi connectivity index (χ0v) is 14.0. The van der Waals surface area contributed by atoms with Gasteiger partial charge in [-0.25, -0.2) is 0 Å². The largest absolute Gasteiger partial charge is 0.693 e. The van der Waals surface area contributed by atoms with E-state index < -0.39 is 11.9 Å². The smallest absolute Gasteiger partial charge is 0.693 e. The van der Waals surface area contributed by atoms with E-state index in [0.717, 1.165) is 17.8 Å². The van der Waals surface area contributed by atoms with E-state index in [-0.39, 0.29) is 6.15 Å². The van der Waals surface area contributed by atoms with Gasteiger partial charge in [0, 0.05) is 0 Å². The summed E-state index contributed by atoms with van der Waals surface area (Å²) in [6.07, 6.45) is 9.31. The molecule has 4 aliphatic carbocycles. The van der Waals surface area contributed by atoms with Gasteiger partial charge in [-0.2, -0.15) is 19.3 Å². The summed E-state index contributed by atoms with van der Waals surface area (Å²) in [7, 11) is 20.1. The van der Waals surface area contributed by atoms with Gasteiger partial charge in [-0.15, -0.1) is 0 Å². The molecule has 0 aliphatic heterocycles. The van der Waals surface area contributed by atoms with Gasteiger partial charge in [-0.05, 0) is 0 Å². The van der Waals surface area contributed by atoms with Gasteiger partial charge in [-0.1, -0.05) is 37.0 Å². The molecule has 4 bridgehead atoms. The van der Waals surface area contributed by atoms with Crippen LogP contribution in [0.1, 0.15) is 38.5 Å². The van der Waals surface area contributed by atoms with Crippen LogP contribution in [-0.2, 0) is 11.9 Å². The molecular weight excluding hydrogens is 372 g/mol. The fraction of sp³-hybridized carbons (Fsp3) is 0.900. The normalized spacial score (nSPS) is 37.4. The molecule has 0 amide bonds. The van der Waals surface area contributed by atoms with Crippen molar-refractivity contribution in [2.45, 2.75) is 38.5 Å². The number of rotatable bonds is 0. The third-order valence-electron chi connectivity index (χ3n) is 3.73. The van der Waals surface area contributed by atoms with Gasteiger partial charge >= 0.3 is 49.6 Å². The Labute approximate surface area is 117 Å². The molecule has 6 heteroatoms. The zero-order chi connectivity index (χ0) is 11.1. The Hall–Kier alpha value is 1.81. The summed E-state index contributed by atoms with van der Waals surface area (Å²) >= 11 is -3.13. The van der Waals surface area contributed by atoms with E-state index >= 15 is 0 Å². The quantitative estimate of drug-likeness (QED) is 0.346. The van der Waals surface area contributed by atoms with Gasteiger partial charge in [0.05, 0.1) is 0 Å². The maximum Gasteiger partial charge on any atom is -0.693 e. The number of nitrogens with two attached hydrogens (primary N) is 1. The summed E-state index contributed by atoms with van der Waals surface area (Å²) in [4.78, 5) is 0. The number of hydrogen-bond acceptors (Lipinski definition) is 0. The monoisotopic (exact) mass is 389 g/mol. The Balaban J connectivity index is 0.000000189. The summed E-state index contributed by atoms with van der Waals surface area (Å²) < 4.78 is 0. The molecule has 4 fully saturated rings. The summed E-state index contributed by atoms with van der Waals surface area (Å²) in [5, 5.41) is 0. The molecule has 0 aromatic heterocycles. The maximum absolute atomic E-state index is 5.02. The summed E-state index contributed by atoms with van der Waals surface area (Å²) in [5.41, 5.74) is 0. The van der Waals surface area contributed by atoms with E-state index in [9.17, 15) is 0 Å². The Morgan fingerprint density at radius 3 is 1.19 bits per heavy atom. The average Bonchev–Trinajstić information content (AvgIpc) is 1.96. The third kappa shape index (κ3) is 5.20. The summed E-state index contributed by atoms with van der Waals surface area (Å²) in [6.45, 7) is 0. The van der Waals surface area contributed by atoms with E-state index in [1.165, 1.54) is 19.3 Å². The molecule has 0 atom stereocenters. The third-order valence-corrected chi connectivity index (χ3v) is 3.73. The fourth-order valence-electron chi connectivity index (χ4n) is 3.68. The van der Waals surface area contributed by atoms with Gasteiger partial charge in [-0.3, -0.25) is 0 Å². The van der Waals surface area contributed by atoms with Gasteiger partial charge in [0.2, 0.25) is 0 Å². The van der Waals surface area contributed by atoms with Crippen molar-refractivity contribution >= 4 is 37.7 Å². The molecule has 0 saturated heterocycles. The minimum Gasteiger partial charge on any atom is -0.693 e. The molecule has 4 rings (SSSR count). The maximum atomic E-state index is 5.02. The van der Waals surface area contributed by atoms with Crippen molar-refractivity contribution < 1.29 is 11.9 Å². The minimum atomic E-state index is -3.13. The van der Waals surface area contributed by atoms with Crippen molar-refractivity contribution in [2.75, 3.05) is 0 Å². The Morgan fingerprint density at radius 1 is 0.750 bits per heavy atom. The molecule has 2 N–H and O–H groups in total. The van der Waals surface area contributed by atoms with E-state index in [4.69, 9.17) is 37.7 Å². The molecule has 4 aliphatic rings. The van der Waals surface area contributed by atoms with Crippen LogP contribution < -0.4 is 0 Å². The van der Waals surface area contributed by atoms with E-state index in [0.29, 0.717) is 0 Å². The molecule has 0 aromatic carbocycles. The van der Waals surface area contributed by atoms with Crippen LogP contribution in [0.25, 0.3) is 6.15 Å². The second-order valence-electron chi connectivity index (χ2n) is 5.02. The Morgan fingerprint density at radius 2 is 1.00 bits per heavy atom. The van der Waals surface area contributed by atoms with E-state index in [1.807, 2.05) is 5.92 Å². The van der Waals surface area contributed by atoms with Crippen molar-refractivity contribution in [3.63, 3.8) is 0 Å². The van der Waals surface area contributed by atoms with Crippen molar-refractivity contribution in [3.05, 3.63) is 12.1 Å². The Bertz CT molecular complexity index is 169. The predicted molar refractivity (Wildman–Crippen MR) is 70.1 cm³/mol. The van der Waals surface area contributed by atoms with Crippen molar-refractivity contribution in [1.29, 1.82) is 0 Å². The first-order chi connectivity index (χ1) is 6.90. The molecule has 0 unspecified atom stereocenters. The van der Waals surface area contributed by atoms with Crippen LogP contribution in [0.3, 0.4) is 0 Å². The molecule has 4 saturated carbocycles. The molecule has 0 spiro atoms. The first kappa shape index (κ1) is 15.9. The van der Waals surface area contributed by atoms with Crippen LogP contribution in [0.5, 0.6) is 0 Å². The van der Waals surface area contributed by atoms with Crippen LogP contribution in [-0.4, -0.2) is 0 Å². The van der Waals surface area contributed by atoms with E-state index in [1.54, 1.807) is 19.3 Å². The molecule has 1 nitrogen and oxygen atoms in total. The molecule has 0 aromatic rings.